The van der Waals surface area contributed by atoms with Gasteiger partial charge in [-0.3, -0.25) is 39.5 Å². The van der Waals surface area contributed by atoms with Crippen molar-refractivity contribution >= 4 is 41.4 Å². The molecule has 2 heterocycles. The fourth-order valence-electron chi connectivity index (χ4n) is 8.05. The first kappa shape index (κ1) is 43.4. The monoisotopic (exact) mass is 798 g/mol. The van der Waals surface area contributed by atoms with E-state index in [9.17, 15) is 39.0 Å². The van der Waals surface area contributed by atoms with Gasteiger partial charge >= 0.3 is 12.1 Å². The number of rotatable bonds is 21. The van der Waals surface area contributed by atoms with Gasteiger partial charge in [-0.05, 0) is 67.6 Å². The highest BCUT2D eigenvalue weighted by molar-refractivity contribution is 6.25. The van der Waals surface area contributed by atoms with Crippen LogP contribution in [0.4, 0.5) is 10.5 Å². The lowest BCUT2D eigenvalue weighted by Gasteiger charge is -2.43. The number of amides is 4. The van der Waals surface area contributed by atoms with E-state index < -0.39 is 66.5 Å². The van der Waals surface area contributed by atoms with Crippen LogP contribution >= 0.6 is 0 Å². The summed E-state index contributed by atoms with van der Waals surface area (Å²) in [6.07, 6.45) is 4.50. The molecule has 0 bridgehead atoms. The largest absolute Gasteiger partial charge is 0.509 e. The average Bonchev–Trinajstić information content (AvgIpc) is 3.40. The number of benzene rings is 1. The number of carbonyl (C=O) groups is 6. The van der Waals surface area contributed by atoms with Crippen LogP contribution in [0.25, 0.3) is 0 Å². The fourth-order valence-corrected chi connectivity index (χ4v) is 8.05. The Bertz CT molecular complexity index is 1700. The molecule has 312 valence electrons. The number of aliphatic hydroxyl groups excluding tert-OH is 2. The number of aliphatic carboxylic acids is 1. The molecule has 17 nitrogen and oxygen atoms in total. The van der Waals surface area contributed by atoms with E-state index in [1.807, 2.05) is 0 Å². The molecule has 2 aliphatic heterocycles. The van der Waals surface area contributed by atoms with Crippen molar-refractivity contribution in [1.82, 2.24) is 15.5 Å². The fraction of sp³-hybridized carbons (Fsp3) is 0.600. The molecule has 57 heavy (non-hydrogen) atoms. The number of carbonyl (C=O) groups excluding carboxylic acids is 5. The summed E-state index contributed by atoms with van der Waals surface area (Å²) in [5, 5.41) is 37.6. The van der Waals surface area contributed by atoms with Crippen LogP contribution in [0.15, 0.2) is 42.0 Å². The van der Waals surface area contributed by atoms with Crippen LogP contribution in [0.5, 0.6) is 0 Å². The first-order chi connectivity index (χ1) is 27.3. The zero-order valence-corrected chi connectivity index (χ0v) is 32.4. The maximum Gasteiger partial charge on any atom is 0.509 e. The van der Waals surface area contributed by atoms with E-state index in [2.05, 4.69) is 48.0 Å². The molecule has 4 aliphatic rings. The molecule has 8 atom stereocenters. The normalized spacial score (nSPS) is 25.3. The lowest BCUT2D eigenvalue weighted by atomic mass is 9.65. The SMILES string of the molecule is C[C@H]1C=C2C=C[C@H](C)[C@H](CC[C@@H](O)C[C@@H](O)CC(=O)O)[C@H]2[C@@H](OC(=O)OCNCCOCCOCCNc2cccc3c2C(=O)N(C2CCC(=O)NC2=O)C3=O)C1. The van der Waals surface area contributed by atoms with E-state index in [4.69, 9.17) is 24.1 Å². The Morgan fingerprint density at radius 1 is 1.00 bits per heavy atom. The maximum absolute atomic E-state index is 13.2. The van der Waals surface area contributed by atoms with Gasteiger partial charge in [-0.15, -0.1) is 0 Å². The van der Waals surface area contributed by atoms with Crippen LogP contribution in [-0.2, 0) is 33.3 Å². The van der Waals surface area contributed by atoms with Crippen LogP contribution in [0.3, 0.4) is 0 Å². The highest BCUT2D eigenvalue weighted by Gasteiger charge is 2.46. The quantitative estimate of drug-likeness (QED) is 0.0453. The Balaban J connectivity index is 0.944. The van der Waals surface area contributed by atoms with Crippen molar-refractivity contribution in [1.29, 1.82) is 0 Å². The number of hydrogen-bond acceptors (Lipinski definition) is 14. The topological polar surface area (TPSA) is 239 Å². The summed E-state index contributed by atoms with van der Waals surface area (Å²) in [4.78, 5) is 74.7. The minimum Gasteiger partial charge on any atom is -0.481 e. The lowest BCUT2D eigenvalue weighted by molar-refractivity contribution is -0.140. The second-order valence-corrected chi connectivity index (χ2v) is 15.0. The van der Waals surface area contributed by atoms with E-state index in [0.717, 1.165) is 10.5 Å². The minimum atomic E-state index is -1.12. The van der Waals surface area contributed by atoms with Gasteiger partial charge in [-0.2, -0.15) is 0 Å². The Labute approximate surface area is 331 Å². The van der Waals surface area contributed by atoms with Crippen LogP contribution in [0.1, 0.15) is 79.5 Å². The first-order valence-corrected chi connectivity index (χ1v) is 19.6. The summed E-state index contributed by atoms with van der Waals surface area (Å²) in [5.41, 5.74) is 1.90. The van der Waals surface area contributed by atoms with Crippen molar-refractivity contribution in [2.45, 2.75) is 83.1 Å². The number of allylic oxidation sites excluding steroid dienone is 3. The predicted molar refractivity (Wildman–Crippen MR) is 203 cm³/mol. The molecule has 0 radical (unpaired) electrons. The molecule has 0 aromatic heterocycles. The molecule has 1 saturated heterocycles. The van der Waals surface area contributed by atoms with Crippen molar-refractivity contribution < 1.29 is 63.0 Å². The second kappa shape index (κ2) is 20.7. The molecule has 0 spiro atoms. The van der Waals surface area contributed by atoms with Crippen molar-refractivity contribution in [2.24, 2.45) is 23.7 Å². The van der Waals surface area contributed by atoms with Gasteiger partial charge in [0.1, 0.15) is 18.9 Å². The summed E-state index contributed by atoms with van der Waals surface area (Å²) in [5.74, 6) is -3.07. The van der Waals surface area contributed by atoms with E-state index >= 15 is 0 Å². The van der Waals surface area contributed by atoms with Crippen LogP contribution in [-0.4, -0.2) is 127 Å². The van der Waals surface area contributed by atoms with Gasteiger partial charge in [0.15, 0.2) is 0 Å². The zero-order valence-electron chi connectivity index (χ0n) is 32.4. The summed E-state index contributed by atoms with van der Waals surface area (Å²) in [6.45, 7) is 6.04. The molecular weight excluding hydrogens is 744 g/mol. The van der Waals surface area contributed by atoms with Gasteiger partial charge in [0.2, 0.25) is 11.8 Å². The van der Waals surface area contributed by atoms with Gasteiger partial charge in [0, 0.05) is 31.1 Å². The number of anilines is 1. The number of nitrogens with one attached hydrogen (secondary N) is 3. The third-order valence-corrected chi connectivity index (χ3v) is 10.7. The number of carboxylic acid groups (broad SMARTS) is 1. The number of ether oxygens (including phenoxy) is 4. The summed E-state index contributed by atoms with van der Waals surface area (Å²) >= 11 is 0. The molecule has 5 rings (SSSR count). The molecule has 4 amide bonds. The van der Waals surface area contributed by atoms with Gasteiger partial charge in [0.25, 0.3) is 11.8 Å². The molecule has 1 unspecified atom stereocenters. The van der Waals surface area contributed by atoms with Crippen molar-refractivity contribution in [3.8, 4) is 0 Å². The number of hydrogen-bond donors (Lipinski definition) is 6. The Morgan fingerprint density at radius 3 is 2.49 bits per heavy atom. The van der Waals surface area contributed by atoms with Crippen LogP contribution < -0.4 is 16.0 Å². The molecule has 6 N–H and O–H groups in total. The molecule has 2 aliphatic carbocycles. The highest BCUT2D eigenvalue weighted by Crippen LogP contribution is 2.45. The van der Waals surface area contributed by atoms with Gasteiger partial charge in [-0.1, -0.05) is 38.1 Å². The summed E-state index contributed by atoms with van der Waals surface area (Å²) in [7, 11) is 0. The van der Waals surface area contributed by atoms with Crippen molar-refractivity contribution in [3.63, 3.8) is 0 Å². The number of piperidine rings is 1. The minimum absolute atomic E-state index is 0.0192. The van der Waals surface area contributed by atoms with E-state index in [1.54, 1.807) is 12.1 Å². The Morgan fingerprint density at radius 2 is 1.75 bits per heavy atom. The number of aliphatic hydroxyl groups is 2. The van der Waals surface area contributed by atoms with Gasteiger partial charge < -0.3 is 39.6 Å². The molecule has 1 aromatic carbocycles. The lowest BCUT2D eigenvalue weighted by Crippen LogP contribution is -2.54. The van der Waals surface area contributed by atoms with E-state index in [-0.39, 0.29) is 67.4 Å². The third-order valence-electron chi connectivity index (χ3n) is 10.7. The number of fused-ring (bicyclic) bond motifs is 2. The molecule has 17 heteroatoms. The molecule has 1 fully saturated rings. The Hall–Kier alpha value is -4.68. The smallest absolute Gasteiger partial charge is 0.481 e. The Kier molecular flexibility index (Phi) is 15.7. The molecule has 1 aromatic rings. The van der Waals surface area contributed by atoms with Crippen LogP contribution in [0.2, 0.25) is 0 Å². The van der Waals surface area contributed by atoms with Gasteiger partial charge in [0.05, 0.1) is 56.2 Å². The molecule has 0 saturated carbocycles. The number of carboxylic acids is 1. The number of imide groups is 2. The zero-order chi connectivity index (χ0) is 41.1. The van der Waals surface area contributed by atoms with E-state index in [0.29, 0.717) is 57.9 Å². The second-order valence-electron chi connectivity index (χ2n) is 15.0. The predicted octanol–water partition coefficient (Wildman–Crippen LogP) is 2.37. The maximum atomic E-state index is 13.2. The first-order valence-electron chi connectivity index (χ1n) is 19.6. The van der Waals surface area contributed by atoms with E-state index in [1.165, 1.54) is 6.07 Å². The van der Waals surface area contributed by atoms with Gasteiger partial charge in [-0.25, -0.2) is 4.79 Å². The standard InChI is InChI=1S/C40H54N4O13/c1-23-18-25-7-6-24(2)28(9-8-26(45)20-27(46)21-34(48)49)35(25)32(19-23)57-40(53)56-22-41-12-14-54-16-17-55-15-13-42-30-5-3-4-29-36(30)39(52)44(38(29)51)31-10-11-33(47)43-37(31)50/h3-7,18,23-24,26-28,31-32,35,41-42,45-46H,8-17,19-22H2,1-2H3,(H,48,49)(H,43,47,50)/t23-,24-,26+,27+,28-,31?,32-,35-/m0/s1. The van der Waals surface area contributed by atoms with Crippen molar-refractivity contribution in [3.05, 3.63) is 53.1 Å². The van der Waals surface area contributed by atoms with Crippen LogP contribution in [0, 0.1) is 23.7 Å². The number of nitrogens with zero attached hydrogens (tertiary/aromatic N) is 1. The average molecular weight is 799 g/mol. The highest BCUT2D eigenvalue weighted by atomic mass is 16.7. The third kappa shape index (κ3) is 11.7. The summed E-state index contributed by atoms with van der Waals surface area (Å²) in [6, 6.07) is 3.81. The molecular formula is C40H54N4O13. The van der Waals surface area contributed by atoms with Crippen molar-refractivity contribution in [2.75, 3.05) is 51.6 Å². The summed E-state index contributed by atoms with van der Waals surface area (Å²) < 4.78 is 22.4.